The van der Waals surface area contributed by atoms with Crippen LogP contribution < -0.4 is 15.8 Å². The molecule has 5 nitrogen and oxygen atoms in total. The van der Waals surface area contributed by atoms with Crippen LogP contribution in [0.2, 0.25) is 0 Å². The molecular formula is C15H15N3O2S. The number of pyridine rings is 1. The Bertz CT molecular complexity index is 701. The van der Waals surface area contributed by atoms with E-state index in [0.717, 1.165) is 5.69 Å². The SMILES string of the molecule is CC(=O)Nc1ccccc1Oc1cc(C(N)=S)cc(C)n1. The van der Waals surface area contributed by atoms with Gasteiger partial charge in [-0.05, 0) is 25.1 Å². The molecule has 1 heterocycles. The number of hydrogen-bond donors (Lipinski definition) is 2. The van der Waals surface area contributed by atoms with Crippen molar-refractivity contribution in [1.82, 2.24) is 4.98 Å². The second-order valence-corrected chi connectivity index (χ2v) is 4.92. The largest absolute Gasteiger partial charge is 0.437 e. The highest BCUT2D eigenvalue weighted by Gasteiger charge is 2.09. The summed E-state index contributed by atoms with van der Waals surface area (Å²) in [7, 11) is 0. The minimum atomic E-state index is -0.174. The van der Waals surface area contributed by atoms with Gasteiger partial charge in [0.25, 0.3) is 0 Å². The molecule has 3 N–H and O–H groups in total. The number of aryl methyl sites for hydroxylation is 1. The molecule has 1 aromatic heterocycles. The summed E-state index contributed by atoms with van der Waals surface area (Å²) in [6.45, 7) is 3.26. The van der Waals surface area contributed by atoms with Crippen LogP contribution in [0.5, 0.6) is 11.6 Å². The molecule has 0 radical (unpaired) electrons. The van der Waals surface area contributed by atoms with Gasteiger partial charge in [0.15, 0.2) is 5.75 Å². The van der Waals surface area contributed by atoms with Crippen molar-refractivity contribution in [1.29, 1.82) is 0 Å². The fraction of sp³-hybridized carbons (Fsp3) is 0.133. The molecule has 0 saturated heterocycles. The predicted molar refractivity (Wildman–Crippen MR) is 85.7 cm³/mol. The highest BCUT2D eigenvalue weighted by atomic mass is 32.1. The van der Waals surface area contributed by atoms with Gasteiger partial charge in [0, 0.05) is 24.2 Å². The first-order valence-corrected chi connectivity index (χ1v) is 6.69. The maximum Gasteiger partial charge on any atom is 0.221 e. The van der Waals surface area contributed by atoms with Gasteiger partial charge in [-0.3, -0.25) is 4.79 Å². The van der Waals surface area contributed by atoms with Crippen molar-refractivity contribution < 1.29 is 9.53 Å². The summed E-state index contributed by atoms with van der Waals surface area (Å²) in [5, 5.41) is 2.70. The van der Waals surface area contributed by atoms with Gasteiger partial charge in [0.1, 0.15) is 4.99 Å². The molecule has 108 valence electrons. The molecule has 6 heteroatoms. The highest BCUT2D eigenvalue weighted by Crippen LogP contribution is 2.28. The molecule has 0 atom stereocenters. The number of rotatable bonds is 4. The summed E-state index contributed by atoms with van der Waals surface area (Å²) in [4.78, 5) is 15.8. The maximum atomic E-state index is 11.2. The van der Waals surface area contributed by atoms with Crippen LogP contribution in [0.1, 0.15) is 18.2 Å². The van der Waals surface area contributed by atoms with Crippen molar-refractivity contribution >= 4 is 28.8 Å². The molecule has 21 heavy (non-hydrogen) atoms. The Labute approximate surface area is 128 Å². The molecule has 0 aliphatic rings. The number of nitrogens with zero attached hydrogens (tertiary/aromatic N) is 1. The highest BCUT2D eigenvalue weighted by molar-refractivity contribution is 7.80. The molecule has 0 spiro atoms. The number of para-hydroxylation sites is 2. The molecule has 0 bridgehead atoms. The summed E-state index contributed by atoms with van der Waals surface area (Å²) in [5.74, 6) is 0.697. The Morgan fingerprint density at radius 3 is 2.71 bits per heavy atom. The molecule has 1 aromatic carbocycles. The van der Waals surface area contributed by atoms with E-state index in [1.807, 2.05) is 19.1 Å². The number of carbonyl (C=O) groups excluding carboxylic acids is 1. The zero-order valence-electron chi connectivity index (χ0n) is 11.7. The van der Waals surface area contributed by atoms with Gasteiger partial charge in [-0.15, -0.1) is 0 Å². The molecule has 2 rings (SSSR count). The maximum absolute atomic E-state index is 11.2. The van der Waals surface area contributed by atoms with Crippen LogP contribution in [-0.2, 0) is 4.79 Å². The summed E-state index contributed by atoms with van der Waals surface area (Å²) in [6.07, 6.45) is 0. The number of hydrogen-bond acceptors (Lipinski definition) is 4. The Hall–Kier alpha value is -2.47. The number of nitrogens with two attached hydrogens (primary N) is 1. The van der Waals surface area contributed by atoms with Gasteiger partial charge < -0.3 is 15.8 Å². The van der Waals surface area contributed by atoms with Gasteiger partial charge >= 0.3 is 0 Å². The molecular weight excluding hydrogens is 286 g/mol. The lowest BCUT2D eigenvalue weighted by atomic mass is 10.2. The molecule has 0 unspecified atom stereocenters. The zero-order valence-corrected chi connectivity index (χ0v) is 12.5. The van der Waals surface area contributed by atoms with Gasteiger partial charge in [-0.25, -0.2) is 4.98 Å². The quantitative estimate of drug-likeness (QED) is 0.849. The number of amides is 1. The normalized spacial score (nSPS) is 10.0. The second kappa shape index (κ2) is 6.32. The molecule has 0 aliphatic carbocycles. The van der Waals surface area contributed by atoms with Crippen LogP contribution in [0.15, 0.2) is 36.4 Å². The predicted octanol–water partition coefficient (Wildman–Crippen LogP) is 2.77. The Kier molecular flexibility index (Phi) is 4.49. The summed E-state index contributed by atoms with van der Waals surface area (Å²) in [6, 6.07) is 10.6. The van der Waals surface area contributed by atoms with E-state index in [0.29, 0.717) is 22.9 Å². The summed E-state index contributed by atoms with van der Waals surface area (Å²) < 4.78 is 5.74. The standard InChI is InChI=1S/C15H15N3O2S/c1-9-7-11(15(16)21)8-14(17-9)20-13-6-4-3-5-12(13)18-10(2)19/h3-8H,1-2H3,(H2,16,21)(H,18,19). The Morgan fingerprint density at radius 2 is 2.05 bits per heavy atom. The van der Waals surface area contributed by atoms with Crippen LogP contribution in [0, 0.1) is 6.92 Å². The van der Waals surface area contributed by atoms with Crippen molar-refractivity contribution in [2.45, 2.75) is 13.8 Å². The topological polar surface area (TPSA) is 77.2 Å². The Balaban J connectivity index is 2.34. The number of benzene rings is 1. The number of ether oxygens (including phenoxy) is 1. The van der Waals surface area contributed by atoms with E-state index in [1.54, 1.807) is 24.3 Å². The molecule has 0 fully saturated rings. The lowest BCUT2D eigenvalue weighted by Crippen LogP contribution is -2.10. The van der Waals surface area contributed by atoms with Gasteiger partial charge in [0.05, 0.1) is 5.69 Å². The lowest BCUT2D eigenvalue weighted by molar-refractivity contribution is -0.114. The first-order chi connectivity index (χ1) is 9.95. The number of aromatic nitrogens is 1. The van der Waals surface area contributed by atoms with Crippen molar-refractivity contribution in [2.75, 3.05) is 5.32 Å². The molecule has 1 amide bonds. The third kappa shape index (κ3) is 4.00. The van der Waals surface area contributed by atoms with Crippen LogP contribution in [0.25, 0.3) is 0 Å². The number of anilines is 1. The third-order valence-corrected chi connectivity index (χ3v) is 2.86. The number of nitrogens with one attached hydrogen (secondary N) is 1. The van der Waals surface area contributed by atoms with Crippen LogP contribution in [-0.4, -0.2) is 15.9 Å². The van der Waals surface area contributed by atoms with E-state index in [4.69, 9.17) is 22.7 Å². The fourth-order valence-corrected chi connectivity index (χ4v) is 1.91. The number of thiocarbonyl (C=S) groups is 1. The van der Waals surface area contributed by atoms with Crippen LogP contribution in [0.3, 0.4) is 0 Å². The zero-order chi connectivity index (χ0) is 15.4. The van der Waals surface area contributed by atoms with Crippen LogP contribution >= 0.6 is 12.2 Å². The average molecular weight is 301 g/mol. The lowest BCUT2D eigenvalue weighted by Gasteiger charge is -2.11. The summed E-state index contributed by atoms with van der Waals surface area (Å²) >= 11 is 4.97. The van der Waals surface area contributed by atoms with Crippen molar-refractivity contribution in [3.05, 3.63) is 47.7 Å². The second-order valence-electron chi connectivity index (χ2n) is 4.48. The minimum Gasteiger partial charge on any atom is -0.437 e. The van der Waals surface area contributed by atoms with E-state index in [9.17, 15) is 4.79 Å². The van der Waals surface area contributed by atoms with Gasteiger partial charge in [-0.2, -0.15) is 0 Å². The molecule has 0 saturated carbocycles. The van der Waals surface area contributed by atoms with Crippen molar-refractivity contribution in [3.63, 3.8) is 0 Å². The van der Waals surface area contributed by atoms with E-state index in [-0.39, 0.29) is 10.9 Å². The smallest absolute Gasteiger partial charge is 0.221 e. The Morgan fingerprint density at radius 1 is 1.33 bits per heavy atom. The van der Waals surface area contributed by atoms with Crippen molar-refractivity contribution in [2.24, 2.45) is 5.73 Å². The first kappa shape index (κ1) is 14.9. The number of carbonyl (C=O) groups is 1. The van der Waals surface area contributed by atoms with Crippen LogP contribution in [0.4, 0.5) is 5.69 Å². The van der Waals surface area contributed by atoms with E-state index in [2.05, 4.69) is 10.3 Å². The van der Waals surface area contributed by atoms with E-state index < -0.39 is 0 Å². The summed E-state index contributed by atoms with van der Waals surface area (Å²) in [5.41, 5.74) is 7.63. The minimum absolute atomic E-state index is 0.174. The van der Waals surface area contributed by atoms with Crippen molar-refractivity contribution in [3.8, 4) is 11.6 Å². The van der Waals surface area contributed by atoms with Gasteiger partial charge in [0.2, 0.25) is 11.8 Å². The van der Waals surface area contributed by atoms with E-state index in [1.165, 1.54) is 6.92 Å². The van der Waals surface area contributed by atoms with E-state index >= 15 is 0 Å². The molecule has 2 aromatic rings. The monoisotopic (exact) mass is 301 g/mol. The average Bonchev–Trinajstić information content (AvgIpc) is 2.39. The molecule has 0 aliphatic heterocycles. The fourth-order valence-electron chi connectivity index (χ4n) is 1.79. The van der Waals surface area contributed by atoms with Gasteiger partial charge in [-0.1, -0.05) is 24.4 Å². The third-order valence-electron chi connectivity index (χ3n) is 2.63. The first-order valence-electron chi connectivity index (χ1n) is 6.28.